The molecule has 3 heterocycles. The zero-order valence-electron chi connectivity index (χ0n) is 17.7. The fraction of sp³-hybridized carbons (Fsp3) is 0.240. The topological polar surface area (TPSA) is 39.4 Å². The van der Waals surface area contributed by atoms with E-state index in [0.717, 1.165) is 34.0 Å². The van der Waals surface area contributed by atoms with Gasteiger partial charge in [-0.25, -0.2) is 0 Å². The molecular formula is C25H23F2N3O2. The highest BCUT2D eigenvalue weighted by atomic mass is 19.3. The molecule has 0 saturated carbocycles. The van der Waals surface area contributed by atoms with E-state index in [1.165, 1.54) is 10.6 Å². The van der Waals surface area contributed by atoms with Gasteiger partial charge in [-0.2, -0.15) is 8.78 Å². The molecule has 4 aromatic rings. The van der Waals surface area contributed by atoms with Crippen LogP contribution in [-0.4, -0.2) is 27.6 Å². The number of fused-ring (bicyclic) bond motifs is 3. The summed E-state index contributed by atoms with van der Waals surface area (Å²) in [6.45, 7) is -0.968. The maximum Gasteiger partial charge on any atom is 0.319 e. The largest absolute Gasteiger partial charge is 0.489 e. The van der Waals surface area contributed by atoms with E-state index in [1.807, 2.05) is 54.4 Å². The molecule has 0 N–H and O–H groups in total. The van der Waals surface area contributed by atoms with Crippen LogP contribution in [0.15, 0.2) is 71.7 Å². The Labute approximate surface area is 184 Å². The second-order valence-electron chi connectivity index (χ2n) is 8.11. The van der Waals surface area contributed by atoms with Crippen molar-refractivity contribution in [1.82, 2.24) is 14.0 Å². The highest BCUT2D eigenvalue weighted by Crippen LogP contribution is 2.35. The molecular weight excluding hydrogens is 412 g/mol. The van der Waals surface area contributed by atoms with Gasteiger partial charge in [-0.05, 0) is 42.8 Å². The van der Waals surface area contributed by atoms with Crippen molar-refractivity contribution in [3.63, 3.8) is 0 Å². The van der Waals surface area contributed by atoms with Gasteiger partial charge in [0.2, 0.25) is 0 Å². The normalized spacial score (nSPS) is 14.1. The number of benzene rings is 2. The summed E-state index contributed by atoms with van der Waals surface area (Å²) in [6.07, 6.45) is 2.35. The number of rotatable bonds is 5. The molecule has 0 fully saturated rings. The predicted molar refractivity (Wildman–Crippen MR) is 120 cm³/mol. The molecule has 0 bridgehead atoms. The van der Waals surface area contributed by atoms with Crippen LogP contribution in [-0.2, 0) is 19.6 Å². The maximum atomic E-state index is 14.0. The lowest BCUT2D eigenvalue weighted by molar-refractivity contribution is 0.0691. The van der Waals surface area contributed by atoms with Crippen LogP contribution in [0.1, 0.15) is 23.4 Å². The third kappa shape index (κ3) is 3.69. The Hall–Kier alpha value is -3.45. The predicted octanol–water partition coefficient (Wildman–Crippen LogP) is 4.75. The molecule has 7 heteroatoms. The van der Waals surface area contributed by atoms with Crippen molar-refractivity contribution >= 4 is 10.9 Å². The molecule has 1 aliphatic rings. The molecule has 0 spiro atoms. The SMILES string of the molecule is CN1CCc2c(n(C(F)F)c3cc(-n4ccc(OCc5ccccc5)cc4=O)ccc23)C1. The first kappa shape index (κ1) is 20.5. The van der Waals surface area contributed by atoms with Crippen molar-refractivity contribution in [2.24, 2.45) is 0 Å². The van der Waals surface area contributed by atoms with Crippen molar-refractivity contribution in [2.75, 3.05) is 13.6 Å². The second kappa shape index (κ2) is 8.24. The van der Waals surface area contributed by atoms with Crippen LogP contribution < -0.4 is 10.3 Å². The fourth-order valence-electron chi connectivity index (χ4n) is 4.39. The van der Waals surface area contributed by atoms with Gasteiger partial charge in [-0.3, -0.25) is 13.9 Å². The van der Waals surface area contributed by atoms with Gasteiger partial charge in [-0.1, -0.05) is 36.4 Å². The molecule has 0 radical (unpaired) electrons. The van der Waals surface area contributed by atoms with Gasteiger partial charge in [0.25, 0.3) is 5.56 Å². The summed E-state index contributed by atoms with van der Waals surface area (Å²) >= 11 is 0. The van der Waals surface area contributed by atoms with Crippen LogP contribution in [0.3, 0.4) is 0 Å². The molecule has 2 aromatic heterocycles. The Balaban J connectivity index is 1.49. The van der Waals surface area contributed by atoms with Crippen molar-refractivity contribution in [2.45, 2.75) is 26.1 Å². The lowest BCUT2D eigenvalue weighted by Crippen LogP contribution is -2.27. The lowest BCUT2D eigenvalue weighted by Gasteiger charge is -2.24. The average molecular weight is 435 g/mol. The van der Waals surface area contributed by atoms with E-state index < -0.39 is 6.55 Å². The quantitative estimate of drug-likeness (QED) is 0.454. The molecule has 0 unspecified atom stereocenters. The lowest BCUT2D eigenvalue weighted by atomic mass is 10.0. The Kier molecular flexibility index (Phi) is 5.27. The molecule has 0 aliphatic carbocycles. The summed E-state index contributed by atoms with van der Waals surface area (Å²) < 4.78 is 36.3. The van der Waals surface area contributed by atoms with E-state index in [1.54, 1.807) is 18.3 Å². The zero-order chi connectivity index (χ0) is 22.2. The summed E-state index contributed by atoms with van der Waals surface area (Å²) in [5.41, 5.74) is 3.34. The Morgan fingerprint density at radius 2 is 1.88 bits per heavy atom. The standard InChI is InChI=1S/C25H23F2N3O2/c1-28-11-10-21-20-8-7-18(13-22(20)30(25(26)27)23(21)15-28)29-12-9-19(14-24(29)31)32-16-17-5-3-2-4-6-17/h2-9,12-14,25H,10-11,15-16H2,1H3. The number of alkyl halides is 2. The average Bonchev–Trinajstić information content (AvgIpc) is 3.11. The number of likely N-dealkylation sites (N-methyl/N-ethyl adjacent to an activating group) is 1. The minimum Gasteiger partial charge on any atom is -0.489 e. The number of ether oxygens (including phenoxy) is 1. The molecule has 0 saturated heterocycles. The van der Waals surface area contributed by atoms with E-state index in [-0.39, 0.29) is 5.56 Å². The summed E-state index contributed by atoms with van der Waals surface area (Å²) in [5, 5.41) is 0.827. The van der Waals surface area contributed by atoms with Gasteiger partial charge in [0, 0.05) is 36.4 Å². The van der Waals surface area contributed by atoms with E-state index in [2.05, 4.69) is 0 Å². The number of halogens is 2. The number of aromatic nitrogens is 2. The van der Waals surface area contributed by atoms with E-state index >= 15 is 0 Å². The van der Waals surface area contributed by atoms with Crippen molar-refractivity contribution < 1.29 is 13.5 Å². The molecule has 0 amide bonds. The molecule has 2 aromatic carbocycles. The van der Waals surface area contributed by atoms with E-state index in [4.69, 9.17) is 4.74 Å². The zero-order valence-corrected chi connectivity index (χ0v) is 17.7. The monoisotopic (exact) mass is 435 g/mol. The number of hydrogen-bond acceptors (Lipinski definition) is 3. The molecule has 1 aliphatic heterocycles. The first-order valence-corrected chi connectivity index (χ1v) is 10.5. The van der Waals surface area contributed by atoms with Gasteiger partial charge in [0.1, 0.15) is 12.4 Å². The summed E-state index contributed by atoms with van der Waals surface area (Å²) in [6, 6.07) is 18.1. The van der Waals surface area contributed by atoms with E-state index in [9.17, 15) is 13.6 Å². The molecule has 5 nitrogen and oxygen atoms in total. The Morgan fingerprint density at radius 3 is 2.62 bits per heavy atom. The molecule has 0 atom stereocenters. The van der Waals surface area contributed by atoms with Gasteiger partial charge >= 0.3 is 6.55 Å². The minimum absolute atomic E-state index is 0.283. The minimum atomic E-state index is -2.64. The molecule has 32 heavy (non-hydrogen) atoms. The number of nitrogens with zero attached hydrogens (tertiary/aromatic N) is 3. The highest BCUT2D eigenvalue weighted by molar-refractivity contribution is 5.87. The molecule has 5 rings (SSSR count). The first-order chi connectivity index (χ1) is 15.5. The van der Waals surface area contributed by atoms with Crippen LogP contribution in [0.4, 0.5) is 8.78 Å². The summed E-state index contributed by atoms with van der Waals surface area (Å²) in [5.74, 6) is 0.464. The second-order valence-corrected chi connectivity index (χ2v) is 8.11. The van der Waals surface area contributed by atoms with Crippen molar-refractivity contribution in [3.05, 3.63) is 94.0 Å². The third-order valence-electron chi connectivity index (χ3n) is 5.98. The Bertz CT molecular complexity index is 1330. The van der Waals surface area contributed by atoms with Crippen LogP contribution in [0, 0.1) is 0 Å². The number of hydrogen-bond donors (Lipinski definition) is 0. The van der Waals surface area contributed by atoms with Gasteiger partial charge in [-0.15, -0.1) is 0 Å². The summed E-state index contributed by atoms with van der Waals surface area (Å²) in [4.78, 5) is 14.8. The molecule has 164 valence electrons. The Morgan fingerprint density at radius 1 is 1.06 bits per heavy atom. The highest BCUT2D eigenvalue weighted by Gasteiger charge is 2.26. The van der Waals surface area contributed by atoms with Crippen LogP contribution in [0.25, 0.3) is 16.6 Å². The smallest absolute Gasteiger partial charge is 0.319 e. The number of pyridine rings is 1. The first-order valence-electron chi connectivity index (χ1n) is 10.5. The van der Waals surface area contributed by atoms with Gasteiger partial charge in [0.15, 0.2) is 0 Å². The van der Waals surface area contributed by atoms with E-state index in [0.29, 0.717) is 35.8 Å². The van der Waals surface area contributed by atoms with Crippen LogP contribution in [0.2, 0.25) is 0 Å². The van der Waals surface area contributed by atoms with Crippen molar-refractivity contribution in [3.8, 4) is 11.4 Å². The van der Waals surface area contributed by atoms with Crippen molar-refractivity contribution in [1.29, 1.82) is 0 Å². The van der Waals surface area contributed by atoms with Crippen LogP contribution >= 0.6 is 0 Å². The fourth-order valence-corrected chi connectivity index (χ4v) is 4.39. The van der Waals surface area contributed by atoms with Gasteiger partial charge < -0.3 is 9.64 Å². The third-order valence-corrected chi connectivity index (χ3v) is 5.98. The van der Waals surface area contributed by atoms with Gasteiger partial charge in [0.05, 0.1) is 11.2 Å². The maximum absolute atomic E-state index is 14.0. The summed E-state index contributed by atoms with van der Waals surface area (Å²) in [7, 11) is 1.93. The van der Waals surface area contributed by atoms with Crippen LogP contribution in [0.5, 0.6) is 5.75 Å².